The van der Waals surface area contributed by atoms with Gasteiger partial charge >= 0.3 is 0 Å². The minimum absolute atomic E-state index is 0.0544. The van der Waals surface area contributed by atoms with Gasteiger partial charge in [-0.05, 0) is 31.2 Å². The van der Waals surface area contributed by atoms with Gasteiger partial charge in [-0.1, -0.05) is 30.3 Å². The van der Waals surface area contributed by atoms with E-state index >= 15 is 0 Å². The average Bonchev–Trinajstić information content (AvgIpc) is 3.60. The number of hydrogen-bond acceptors (Lipinski definition) is 8. The fourth-order valence-electron chi connectivity index (χ4n) is 4.91. The van der Waals surface area contributed by atoms with Gasteiger partial charge in [0, 0.05) is 24.7 Å². The van der Waals surface area contributed by atoms with Gasteiger partial charge < -0.3 is 31.7 Å². The number of hydrogen-bond donors (Lipinski definition) is 4. The number of aromatic nitrogens is 1. The number of fused-ring (bicyclic) bond motifs is 1. The number of nitrogens with zero attached hydrogens (tertiary/aromatic N) is 4. The minimum Gasteiger partial charge on any atom is -0.378 e. The van der Waals surface area contributed by atoms with E-state index in [9.17, 15) is 24.3 Å². The van der Waals surface area contributed by atoms with Gasteiger partial charge in [-0.3, -0.25) is 24.2 Å². The Labute approximate surface area is 223 Å². The van der Waals surface area contributed by atoms with E-state index in [4.69, 9.17) is 11.5 Å². The molecule has 0 saturated carbocycles. The van der Waals surface area contributed by atoms with E-state index < -0.39 is 30.0 Å². The summed E-state index contributed by atoms with van der Waals surface area (Å²) in [7, 11) is 0. The van der Waals surface area contributed by atoms with E-state index in [0.717, 1.165) is 0 Å². The fraction of sp³-hybridized carbons (Fsp3) is 0.440. The van der Waals surface area contributed by atoms with Crippen LogP contribution in [0.1, 0.15) is 47.2 Å². The van der Waals surface area contributed by atoms with Gasteiger partial charge in [0.25, 0.3) is 5.91 Å². The molecule has 2 aliphatic rings. The Morgan fingerprint density at radius 2 is 1.97 bits per heavy atom. The van der Waals surface area contributed by atoms with Gasteiger partial charge in [-0.25, -0.2) is 4.98 Å². The number of guanidine groups is 1. The fourth-order valence-corrected chi connectivity index (χ4v) is 5.54. The largest absolute Gasteiger partial charge is 0.378 e. The molecule has 4 rings (SSSR count). The number of carbonyl (C=O) groups excluding carboxylic acids is 4. The molecule has 2 aliphatic heterocycles. The summed E-state index contributed by atoms with van der Waals surface area (Å²) < 4.78 is 0. The number of amides is 3. The molecule has 0 radical (unpaired) electrons. The van der Waals surface area contributed by atoms with Gasteiger partial charge in [0.05, 0.1) is 18.6 Å². The summed E-state index contributed by atoms with van der Waals surface area (Å²) in [5, 5.41) is 15.3. The van der Waals surface area contributed by atoms with Crippen LogP contribution in [0.3, 0.4) is 0 Å². The van der Waals surface area contributed by atoms with Gasteiger partial charge in [0.15, 0.2) is 17.1 Å². The molecule has 202 valence electrons. The SMILES string of the molecule is NC(N)=NCCCC(NC(=O)[C@@H]1CC[C@H]2CN(C(=O)[C@@H](O)c3ccccc3)CC(=O)N21)C(=O)c1nccs1. The van der Waals surface area contributed by atoms with E-state index in [2.05, 4.69) is 15.3 Å². The van der Waals surface area contributed by atoms with Crippen molar-refractivity contribution in [2.24, 2.45) is 16.5 Å². The predicted molar refractivity (Wildman–Crippen MR) is 140 cm³/mol. The number of aliphatic hydroxyl groups is 1. The van der Waals surface area contributed by atoms with Crippen molar-refractivity contribution in [1.29, 1.82) is 0 Å². The number of aliphatic imine (C=N–C) groups is 1. The summed E-state index contributed by atoms with van der Waals surface area (Å²) in [6.07, 6.45) is 1.82. The lowest BCUT2D eigenvalue weighted by molar-refractivity contribution is -0.155. The molecule has 13 heteroatoms. The zero-order chi connectivity index (χ0) is 27.2. The molecule has 0 spiro atoms. The number of Topliss-reactive ketones (excluding diaryl/α,β-unsaturated/α-hetero) is 1. The van der Waals surface area contributed by atoms with Crippen LogP contribution in [0.2, 0.25) is 0 Å². The van der Waals surface area contributed by atoms with Gasteiger partial charge in [0.1, 0.15) is 6.04 Å². The van der Waals surface area contributed by atoms with Crippen LogP contribution < -0.4 is 16.8 Å². The van der Waals surface area contributed by atoms with Crippen molar-refractivity contribution >= 4 is 40.8 Å². The van der Waals surface area contributed by atoms with Crippen molar-refractivity contribution < 1.29 is 24.3 Å². The molecule has 1 aromatic heterocycles. The van der Waals surface area contributed by atoms with Gasteiger partial charge in [-0.15, -0.1) is 11.3 Å². The molecule has 12 nitrogen and oxygen atoms in total. The number of carbonyl (C=O) groups is 4. The lowest BCUT2D eigenvalue weighted by atomic mass is 10.1. The number of nitrogens with two attached hydrogens (primary N) is 2. The highest BCUT2D eigenvalue weighted by atomic mass is 32.1. The molecule has 6 N–H and O–H groups in total. The van der Waals surface area contributed by atoms with E-state index in [0.29, 0.717) is 37.8 Å². The summed E-state index contributed by atoms with van der Waals surface area (Å²) >= 11 is 1.18. The normalized spacial score (nSPS) is 20.4. The lowest BCUT2D eigenvalue weighted by Crippen LogP contribution is -2.61. The van der Waals surface area contributed by atoms with Crippen LogP contribution in [0.5, 0.6) is 0 Å². The van der Waals surface area contributed by atoms with Crippen LogP contribution in [0.15, 0.2) is 46.9 Å². The molecule has 3 amide bonds. The first-order valence-electron chi connectivity index (χ1n) is 12.4. The third-order valence-electron chi connectivity index (χ3n) is 6.73. The van der Waals surface area contributed by atoms with E-state index in [1.54, 1.807) is 35.7 Å². The summed E-state index contributed by atoms with van der Waals surface area (Å²) in [5.41, 5.74) is 11.2. The molecule has 1 unspecified atom stereocenters. The van der Waals surface area contributed by atoms with E-state index in [1.165, 1.54) is 27.3 Å². The maximum Gasteiger partial charge on any atom is 0.256 e. The summed E-state index contributed by atoms with van der Waals surface area (Å²) in [5.74, 6) is -1.72. The number of piperazine rings is 1. The van der Waals surface area contributed by atoms with Gasteiger partial charge in [-0.2, -0.15) is 0 Å². The van der Waals surface area contributed by atoms with Crippen LogP contribution in [0.4, 0.5) is 0 Å². The summed E-state index contributed by atoms with van der Waals surface area (Å²) in [6, 6.07) is 6.58. The van der Waals surface area contributed by atoms with Crippen molar-refractivity contribution in [3.05, 3.63) is 52.5 Å². The Morgan fingerprint density at radius 3 is 2.66 bits per heavy atom. The van der Waals surface area contributed by atoms with Crippen molar-refractivity contribution in [2.45, 2.75) is 49.9 Å². The number of nitrogens with one attached hydrogen (secondary N) is 1. The van der Waals surface area contributed by atoms with Crippen LogP contribution in [0, 0.1) is 0 Å². The molecule has 2 saturated heterocycles. The lowest BCUT2D eigenvalue weighted by Gasteiger charge is -2.40. The Balaban J connectivity index is 1.41. The Morgan fingerprint density at radius 1 is 1.21 bits per heavy atom. The second kappa shape index (κ2) is 12.1. The number of rotatable bonds is 10. The zero-order valence-corrected chi connectivity index (χ0v) is 21.5. The van der Waals surface area contributed by atoms with Crippen molar-refractivity contribution in [1.82, 2.24) is 20.1 Å². The van der Waals surface area contributed by atoms with Crippen LogP contribution in [-0.2, 0) is 14.4 Å². The van der Waals surface area contributed by atoms with Gasteiger partial charge in [0.2, 0.25) is 17.6 Å². The molecular formula is C25H31N7O5S. The monoisotopic (exact) mass is 541 g/mol. The summed E-state index contributed by atoms with van der Waals surface area (Å²) in [6.45, 7) is 0.288. The quantitative estimate of drug-likeness (QED) is 0.138. The highest BCUT2D eigenvalue weighted by Gasteiger charge is 2.46. The topological polar surface area (TPSA) is 184 Å². The molecule has 0 bridgehead atoms. The molecule has 38 heavy (non-hydrogen) atoms. The van der Waals surface area contributed by atoms with E-state index in [-0.39, 0.29) is 41.8 Å². The van der Waals surface area contributed by atoms with Crippen LogP contribution >= 0.6 is 11.3 Å². The first kappa shape index (κ1) is 27.2. The molecule has 3 heterocycles. The number of aliphatic hydroxyl groups excluding tert-OH is 1. The first-order valence-corrected chi connectivity index (χ1v) is 13.3. The number of thiazole rings is 1. The molecule has 1 aromatic carbocycles. The third kappa shape index (κ3) is 6.17. The molecule has 2 aromatic rings. The molecule has 4 atom stereocenters. The maximum atomic E-state index is 13.3. The average molecular weight is 542 g/mol. The minimum atomic E-state index is -1.37. The molecule has 2 fully saturated rings. The highest BCUT2D eigenvalue weighted by Crippen LogP contribution is 2.30. The Bertz CT molecular complexity index is 1190. The van der Waals surface area contributed by atoms with Crippen LogP contribution in [0.25, 0.3) is 0 Å². The standard InChI is InChI=1S/C25H31N7O5S/c26-25(27)29-10-4-7-17(21(35)23-28-11-12-38-23)30-22(36)18-9-8-16-13-31(14-19(33)32(16)18)24(37)20(34)15-5-2-1-3-6-15/h1-3,5-6,11-12,16-18,20,34H,4,7-10,13-14H2,(H,30,36)(H4,26,27,29)/t16-,17?,18-,20-/m0/s1. The second-order valence-corrected chi connectivity index (χ2v) is 10.2. The predicted octanol–water partition coefficient (Wildman–Crippen LogP) is -0.200. The van der Waals surface area contributed by atoms with E-state index in [1.807, 2.05) is 0 Å². The maximum absolute atomic E-state index is 13.3. The smallest absolute Gasteiger partial charge is 0.256 e. The van der Waals surface area contributed by atoms with Crippen LogP contribution in [-0.4, -0.2) is 87.1 Å². The number of ketones is 1. The third-order valence-corrected chi connectivity index (χ3v) is 7.52. The van der Waals surface area contributed by atoms with Crippen molar-refractivity contribution in [3.63, 3.8) is 0 Å². The number of benzene rings is 1. The first-order chi connectivity index (χ1) is 18.3. The van der Waals surface area contributed by atoms with Crippen molar-refractivity contribution in [3.8, 4) is 0 Å². The van der Waals surface area contributed by atoms with Crippen molar-refractivity contribution in [2.75, 3.05) is 19.6 Å². The Hall–Kier alpha value is -3.84. The molecular weight excluding hydrogens is 510 g/mol. The highest BCUT2D eigenvalue weighted by molar-refractivity contribution is 7.11. The zero-order valence-electron chi connectivity index (χ0n) is 20.7. The summed E-state index contributed by atoms with van der Waals surface area (Å²) in [4.78, 5) is 63.2. The second-order valence-electron chi connectivity index (χ2n) is 9.29. The molecule has 0 aliphatic carbocycles. The Kier molecular flexibility index (Phi) is 8.69.